The number of carbonyl (C=O) groups is 1. The zero-order valence-electron chi connectivity index (χ0n) is 20.3. The molecule has 5 heteroatoms. The fourth-order valence-electron chi connectivity index (χ4n) is 4.85. The predicted octanol–water partition coefficient (Wildman–Crippen LogP) is 6.46. The van der Waals surface area contributed by atoms with Crippen molar-refractivity contribution >= 4 is 28.2 Å². The average Bonchev–Trinajstić information content (AvgIpc) is 2.90. The summed E-state index contributed by atoms with van der Waals surface area (Å²) in [4.78, 5) is 18.4. The minimum absolute atomic E-state index is 0.192. The van der Waals surface area contributed by atoms with Gasteiger partial charge < -0.3 is 15.0 Å². The number of nitrogens with one attached hydrogen (secondary N) is 1. The number of nitrogens with zero attached hydrogens (tertiary/aromatic N) is 2. The zero-order valence-corrected chi connectivity index (χ0v) is 20.3. The Morgan fingerprint density at radius 3 is 2.40 bits per heavy atom. The minimum Gasteiger partial charge on any atom is -0.497 e. The molecule has 2 heterocycles. The normalized spacial score (nSPS) is 14.2. The van der Waals surface area contributed by atoms with Gasteiger partial charge in [-0.25, -0.2) is 4.98 Å². The molecule has 5 nitrogen and oxygen atoms in total. The summed E-state index contributed by atoms with van der Waals surface area (Å²) in [7, 11) is 1.67. The summed E-state index contributed by atoms with van der Waals surface area (Å²) < 4.78 is 5.30. The van der Waals surface area contributed by atoms with Crippen LogP contribution in [-0.4, -0.2) is 36.0 Å². The molecular formula is C30H31N3O2. The molecule has 1 aromatic heterocycles. The lowest BCUT2D eigenvalue weighted by molar-refractivity contribution is -0.130. The molecule has 1 saturated heterocycles. The summed E-state index contributed by atoms with van der Waals surface area (Å²) in [5.41, 5.74) is 6.35. The molecule has 1 aliphatic rings. The van der Waals surface area contributed by atoms with Crippen LogP contribution in [0.5, 0.6) is 5.75 Å². The van der Waals surface area contributed by atoms with E-state index in [0.717, 1.165) is 71.6 Å². The highest BCUT2D eigenvalue weighted by atomic mass is 16.5. The van der Waals surface area contributed by atoms with Crippen molar-refractivity contribution in [2.45, 2.75) is 26.2 Å². The van der Waals surface area contributed by atoms with E-state index in [-0.39, 0.29) is 5.91 Å². The maximum absolute atomic E-state index is 11.6. The molecule has 0 spiro atoms. The largest absolute Gasteiger partial charge is 0.497 e. The number of amides is 1. The number of ether oxygens (including phenoxy) is 1. The van der Waals surface area contributed by atoms with Crippen molar-refractivity contribution in [3.05, 3.63) is 84.4 Å². The third-order valence-corrected chi connectivity index (χ3v) is 6.92. The van der Waals surface area contributed by atoms with Gasteiger partial charge in [-0.05, 0) is 79.3 Å². The van der Waals surface area contributed by atoms with Gasteiger partial charge in [0.2, 0.25) is 5.91 Å². The Labute approximate surface area is 206 Å². The van der Waals surface area contributed by atoms with Gasteiger partial charge in [0.25, 0.3) is 0 Å². The number of pyridine rings is 1. The number of rotatable bonds is 6. The second kappa shape index (κ2) is 10.2. The molecule has 1 fully saturated rings. The highest BCUT2D eigenvalue weighted by Gasteiger charge is 2.20. The van der Waals surface area contributed by atoms with Crippen LogP contribution in [0.1, 0.15) is 25.3 Å². The van der Waals surface area contributed by atoms with Gasteiger partial charge in [-0.2, -0.15) is 0 Å². The Morgan fingerprint density at radius 2 is 1.71 bits per heavy atom. The number of hydrogen-bond acceptors (Lipinski definition) is 4. The van der Waals surface area contributed by atoms with Crippen LogP contribution in [0.4, 0.5) is 11.4 Å². The molecular weight excluding hydrogens is 434 g/mol. The molecule has 35 heavy (non-hydrogen) atoms. The second-order valence-corrected chi connectivity index (χ2v) is 9.28. The molecule has 5 rings (SSSR count). The molecule has 1 amide bonds. The van der Waals surface area contributed by atoms with Crippen LogP contribution in [-0.2, 0) is 11.2 Å². The van der Waals surface area contributed by atoms with Crippen LogP contribution < -0.4 is 10.1 Å². The maximum atomic E-state index is 11.6. The van der Waals surface area contributed by atoms with Gasteiger partial charge in [0, 0.05) is 36.7 Å². The first-order chi connectivity index (χ1) is 17.1. The Morgan fingerprint density at radius 1 is 1.00 bits per heavy atom. The van der Waals surface area contributed by atoms with Crippen LogP contribution in [0.25, 0.3) is 22.2 Å². The van der Waals surface area contributed by atoms with Crippen LogP contribution in [0.3, 0.4) is 0 Å². The summed E-state index contributed by atoms with van der Waals surface area (Å²) in [6, 6.07) is 27.1. The molecule has 0 saturated carbocycles. The molecule has 1 N–H and O–H groups in total. The number of likely N-dealkylation sites (tertiary alicyclic amines) is 1. The molecule has 0 radical (unpaired) electrons. The van der Waals surface area contributed by atoms with E-state index in [4.69, 9.17) is 9.72 Å². The first-order valence-electron chi connectivity index (χ1n) is 12.2. The minimum atomic E-state index is 0.192. The number of hydrogen-bond donors (Lipinski definition) is 1. The Balaban J connectivity index is 1.34. The molecule has 178 valence electrons. The van der Waals surface area contributed by atoms with Crippen LogP contribution in [0.2, 0.25) is 0 Å². The Hall–Kier alpha value is -3.86. The van der Waals surface area contributed by atoms with E-state index in [1.165, 1.54) is 5.56 Å². The van der Waals surface area contributed by atoms with Gasteiger partial charge in [-0.3, -0.25) is 4.79 Å². The fourth-order valence-corrected chi connectivity index (χ4v) is 4.85. The van der Waals surface area contributed by atoms with E-state index < -0.39 is 0 Å². The van der Waals surface area contributed by atoms with Crippen molar-refractivity contribution in [3.8, 4) is 17.0 Å². The third kappa shape index (κ3) is 5.29. The van der Waals surface area contributed by atoms with E-state index in [2.05, 4.69) is 41.7 Å². The van der Waals surface area contributed by atoms with Crippen LogP contribution in [0.15, 0.2) is 78.9 Å². The van der Waals surface area contributed by atoms with Crippen LogP contribution >= 0.6 is 0 Å². The first-order valence-corrected chi connectivity index (χ1v) is 12.2. The number of anilines is 2. The number of aromatic nitrogens is 1. The monoisotopic (exact) mass is 465 g/mol. The average molecular weight is 466 g/mol. The van der Waals surface area contributed by atoms with Crippen molar-refractivity contribution < 1.29 is 9.53 Å². The highest BCUT2D eigenvalue weighted by Crippen LogP contribution is 2.31. The number of carbonyl (C=O) groups excluding carboxylic acids is 1. The standard InChI is InChI=1S/C30H31N3O2/c1-21(34)33-17-15-23(16-18-33)19-22-7-11-25(12-8-22)31-30-20-29(24-9-13-26(35-2)14-10-24)32-28-6-4-3-5-27(28)30/h3-14,20,23H,15-19H2,1-2H3,(H,31,32). The molecule has 1 aliphatic heterocycles. The lowest BCUT2D eigenvalue weighted by atomic mass is 9.90. The highest BCUT2D eigenvalue weighted by molar-refractivity contribution is 5.95. The number of para-hydroxylation sites is 1. The van der Waals surface area contributed by atoms with Gasteiger partial charge in [-0.1, -0.05) is 30.3 Å². The topological polar surface area (TPSA) is 54.5 Å². The maximum Gasteiger partial charge on any atom is 0.219 e. The van der Waals surface area contributed by atoms with E-state index >= 15 is 0 Å². The number of piperidine rings is 1. The molecule has 3 aromatic carbocycles. The van der Waals surface area contributed by atoms with Gasteiger partial charge >= 0.3 is 0 Å². The molecule has 4 aromatic rings. The second-order valence-electron chi connectivity index (χ2n) is 9.28. The van der Waals surface area contributed by atoms with Crippen molar-refractivity contribution in [2.75, 3.05) is 25.5 Å². The molecule has 0 unspecified atom stereocenters. The molecule has 0 atom stereocenters. The Bertz CT molecular complexity index is 1310. The smallest absolute Gasteiger partial charge is 0.219 e. The third-order valence-electron chi connectivity index (χ3n) is 6.92. The van der Waals surface area contributed by atoms with E-state index in [9.17, 15) is 4.79 Å². The van der Waals surface area contributed by atoms with E-state index in [1.807, 2.05) is 47.4 Å². The summed E-state index contributed by atoms with van der Waals surface area (Å²) in [5.74, 6) is 1.66. The van der Waals surface area contributed by atoms with Gasteiger partial charge in [0.15, 0.2) is 0 Å². The van der Waals surface area contributed by atoms with Crippen LogP contribution in [0, 0.1) is 5.92 Å². The van der Waals surface area contributed by atoms with Crippen molar-refractivity contribution in [2.24, 2.45) is 5.92 Å². The summed E-state index contributed by atoms with van der Waals surface area (Å²) in [6.45, 7) is 3.43. The van der Waals surface area contributed by atoms with Gasteiger partial charge in [0.1, 0.15) is 5.75 Å². The molecule has 0 aliphatic carbocycles. The quantitative estimate of drug-likeness (QED) is 0.355. The first kappa shape index (κ1) is 22.9. The Kier molecular flexibility index (Phi) is 6.66. The summed E-state index contributed by atoms with van der Waals surface area (Å²) in [6.07, 6.45) is 3.22. The van der Waals surface area contributed by atoms with Gasteiger partial charge in [0.05, 0.1) is 24.0 Å². The lowest BCUT2D eigenvalue weighted by Gasteiger charge is -2.31. The van der Waals surface area contributed by atoms with Gasteiger partial charge in [-0.15, -0.1) is 0 Å². The zero-order chi connectivity index (χ0) is 24.2. The van der Waals surface area contributed by atoms with E-state index in [1.54, 1.807) is 14.0 Å². The summed E-state index contributed by atoms with van der Waals surface area (Å²) in [5, 5.41) is 4.71. The van der Waals surface area contributed by atoms with E-state index in [0.29, 0.717) is 5.92 Å². The summed E-state index contributed by atoms with van der Waals surface area (Å²) >= 11 is 0. The fraction of sp³-hybridized carbons (Fsp3) is 0.267. The number of methoxy groups -OCH3 is 1. The number of benzene rings is 3. The lowest BCUT2D eigenvalue weighted by Crippen LogP contribution is -2.37. The van der Waals surface area contributed by atoms with Crippen molar-refractivity contribution in [1.82, 2.24) is 9.88 Å². The molecule has 0 bridgehead atoms. The van der Waals surface area contributed by atoms with Crippen molar-refractivity contribution in [1.29, 1.82) is 0 Å². The number of fused-ring (bicyclic) bond motifs is 1. The van der Waals surface area contributed by atoms with Crippen molar-refractivity contribution in [3.63, 3.8) is 0 Å². The SMILES string of the molecule is COc1ccc(-c2cc(Nc3ccc(CC4CCN(C(C)=O)CC4)cc3)c3ccccc3n2)cc1. The predicted molar refractivity (Wildman–Crippen MR) is 142 cm³/mol.